The van der Waals surface area contributed by atoms with Crippen molar-refractivity contribution in [2.24, 2.45) is 0 Å². The largest absolute Gasteiger partial charge is 0.493 e. The maximum absolute atomic E-state index is 11.7. The molecule has 0 radical (unpaired) electrons. The Morgan fingerprint density at radius 2 is 1.96 bits per heavy atom. The van der Waals surface area contributed by atoms with Gasteiger partial charge >= 0.3 is 5.97 Å². The molecule has 142 valence electrons. The van der Waals surface area contributed by atoms with E-state index < -0.39 is 34.4 Å². The van der Waals surface area contributed by atoms with E-state index in [1.165, 1.54) is 26.4 Å². The SMILES string of the molecule is COc1ccc(/C=C/C(=O)OCC(=O)N[C@H]2CCS(=O)(=O)C2)cc1OC. The lowest BCUT2D eigenvalue weighted by molar-refractivity contribution is -0.143. The molecular formula is C17H21NO7S. The Hall–Kier alpha value is -2.55. The minimum atomic E-state index is -3.08. The maximum Gasteiger partial charge on any atom is 0.331 e. The lowest BCUT2D eigenvalue weighted by atomic mass is 10.2. The van der Waals surface area contributed by atoms with Crippen LogP contribution in [0.15, 0.2) is 24.3 Å². The van der Waals surface area contributed by atoms with E-state index in [1.807, 2.05) is 0 Å². The molecule has 2 rings (SSSR count). The van der Waals surface area contributed by atoms with Crippen LogP contribution in [-0.4, -0.2) is 58.7 Å². The molecule has 0 unspecified atom stereocenters. The molecule has 1 saturated heterocycles. The summed E-state index contributed by atoms with van der Waals surface area (Å²) in [7, 11) is -0.0430. The molecule has 0 aliphatic carbocycles. The van der Waals surface area contributed by atoms with Crippen molar-refractivity contribution in [3.8, 4) is 11.5 Å². The first-order valence-corrected chi connectivity index (χ1v) is 9.72. The average Bonchev–Trinajstić information content (AvgIpc) is 2.96. The summed E-state index contributed by atoms with van der Waals surface area (Å²) in [4.78, 5) is 23.4. The Kier molecular flexibility index (Phi) is 6.62. The quantitative estimate of drug-likeness (QED) is 0.541. The van der Waals surface area contributed by atoms with Crippen molar-refractivity contribution in [1.82, 2.24) is 5.32 Å². The van der Waals surface area contributed by atoms with Crippen LogP contribution in [0.2, 0.25) is 0 Å². The Morgan fingerprint density at radius 3 is 2.58 bits per heavy atom. The van der Waals surface area contributed by atoms with Crippen LogP contribution in [-0.2, 0) is 24.2 Å². The summed E-state index contributed by atoms with van der Waals surface area (Å²) in [6, 6.07) is 4.70. The van der Waals surface area contributed by atoms with E-state index in [1.54, 1.807) is 18.2 Å². The Labute approximate surface area is 152 Å². The van der Waals surface area contributed by atoms with E-state index in [0.717, 1.165) is 0 Å². The van der Waals surface area contributed by atoms with Gasteiger partial charge in [0.25, 0.3) is 5.91 Å². The third kappa shape index (κ3) is 5.76. The molecule has 1 aromatic rings. The van der Waals surface area contributed by atoms with Crippen LogP contribution in [0.3, 0.4) is 0 Å². The van der Waals surface area contributed by atoms with Gasteiger partial charge in [0.15, 0.2) is 27.9 Å². The molecule has 1 aliphatic rings. The fraction of sp³-hybridized carbons (Fsp3) is 0.412. The van der Waals surface area contributed by atoms with Gasteiger partial charge < -0.3 is 19.5 Å². The number of ether oxygens (including phenoxy) is 3. The minimum absolute atomic E-state index is 0.0613. The first-order chi connectivity index (χ1) is 12.3. The van der Waals surface area contributed by atoms with E-state index in [9.17, 15) is 18.0 Å². The Balaban J connectivity index is 1.81. The van der Waals surface area contributed by atoms with Crippen LogP contribution in [0.4, 0.5) is 0 Å². The fourth-order valence-corrected chi connectivity index (χ4v) is 4.16. The summed E-state index contributed by atoms with van der Waals surface area (Å²) < 4.78 is 37.8. The summed E-state index contributed by atoms with van der Waals surface area (Å²) in [5.74, 6) is -0.141. The third-order valence-electron chi connectivity index (χ3n) is 3.76. The highest BCUT2D eigenvalue weighted by atomic mass is 32.2. The van der Waals surface area contributed by atoms with E-state index >= 15 is 0 Å². The predicted octanol–water partition coefficient (Wildman–Crippen LogP) is 0.564. The number of carbonyl (C=O) groups is 2. The van der Waals surface area contributed by atoms with Crippen LogP contribution in [0.1, 0.15) is 12.0 Å². The maximum atomic E-state index is 11.7. The van der Waals surface area contributed by atoms with Crippen molar-refractivity contribution in [2.45, 2.75) is 12.5 Å². The van der Waals surface area contributed by atoms with E-state index in [4.69, 9.17) is 14.2 Å². The Morgan fingerprint density at radius 1 is 1.23 bits per heavy atom. The third-order valence-corrected chi connectivity index (χ3v) is 5.53. The molecule has 1 amide bonds. The molecule has 1 N–H and O–H groups in total. The predicted molar refractivity (Wildman–Crippen MR) is 94.7 cm³/mol. The molecule has 0 spiro atoms. The molecular weight excluding hydrogens is 362 g/mol. The van der Waals surface area contributed by atoms with E-state index in [2.05, 4.69) is 5.32 Å². The number of methoxy groups -OCH3 is 2. The van der Waals surface area contributed by atoms with Gasteiger partial charge in [-0.15, -0.1) is 0 Å². The van der Waals surface area contributed by atoms with E-state index in [0.29, 0.717) is 23.5 Å². The van der Waals surface area contributed by atoms with Crippen molar-refractivity contribution in [1.29, 1.82) is 0 Å². The van der Waals surface area contributed by atoms with Gasteiger partial charge in [-0.25, -0.2) is 13.2 Å². The van der Waals surface area contributed by atoms with Crippen LogP contribution < -0.4 is 14.8 Å². The number of hydrogen-bond acceptors (Lipinski definition) is 7. The number of carbonyl (C=O) groups excluding carboxylic acids is 2. The van der Waals surface area contributed by atoms with Gasteiger partial charge in [0.2, 0.25) is 0 Å². The van der Waals surface area contributed by atoms with Crippen LogP contribution in [0.5, 0.6) is 11.5 Å². The van der Waals surface area contributed by atoms with Crippen molar-refractivity contribution in [3.05, 3.63) is 29.8 Å². The highest BCUT2D eigenvalue weighted by Crippen LogP contribution is 2.27. The number of benzene rings is 1. The van der Waals surface area contributed by atoms with Gasteiger partial charge in [-0.3, -0.25) is 4.79 Å². The van der Waals surface area contributed by atoms with Crippen molar-refractivity contribution < 1.29 is 32.2 Å². The molecule has 1 aromatic carbocycles. The Bertz CT molecular complexity index is 801. The summed E-state index contributed by atoms with van der Waals surface area (Å²) in [5.41, 5.74) is 0.695. The first kappa shape index (κ1) is 19.8. The first-order valence-electron chi connectivity index (χ1n) is 7.89. The minimum Gasteiger partial charge on any atom is -0.493 e. The molecule has 8 nitrogen and oxygen atoms in total. The number of amides is 1. The molecule has 9 heteroatoms. The number of nitrogens with one attached hydrogen (secondary N) is 1. The molecule has 1 atom stereocenters. The van der Waals surface area contributed by atoms with Crippen LogP contribution in [0, 0.1) is 0 Å². The van der Waals surface area contributed by atoms with Crippen molar-refractivity contribution in [2.75, 3.05) is 32.3 Å². The molecule has 0 bridgehead atoms. The number of hydrogen-bond donors (Lipinski definition) is 1. The van der Waals surface area contributed by atoms with Gasteiger partial charge in [0, 0.05) is 12.1 Å². The summed E-state index contributed by atoms with van der Waals surface area (Å²) in [6.07, 6.45) is 3.08. The monoisotopic (exact) mass is 383 g/mol. The number of esters is 1. The molecule has 0 saturated carbocycles. The number of sulfone groups is 1. The highest BCUT2D eigenvalue weighted by Gasteiger charge is 2.28. The number of rotatable bonds is 7. The normalized spacial score (nSPS) is 18.5. The highest BCUT2D eigenvalue weighted by molar-refractivity contribution is 7.91. The standard InChI is InChI=1S/C17H21NO7S/c1-23-14-5-3-12(9-15(14)24-2)4-6-17(20)25-10-16(19)18-13-7-8-26(21,22)11-13/h3-6,9,13H,7-8,10-11H2,1-2H3,(H,18,19)/b6-4+/t13-/m0/s1. The van der Waals surface area contributed by atoms with Gasteiger partial charge in [0.1, 0.15) is 0 Å². The van der Waals surface area contributed by atoms with Crippen LogP contribution in [0.25, 0.3) is 6.08 Å². The smallest absolute Gasteiger partial charge is 0.331 e. The molecule has 1 heterocycles. The lowest BCUT2D eigenvalue weighted by Crippen LogP contribution is -2.38. The van der Waals surface area contributed by atoms with Crippen molar-refractivity contribution in [3.63, 3.8) is 0 Å². The summed E-state index contributed by atoms with van der Waals surface area (Å²) >= 11 is 0. The average molecular weight is 383 g/mol. The van der Waals surface area contributed by atoms with Gasteiger partial charge in [-0.05, 0) is 30.2 Å². The van der Waals surface area contributed by atoms with Gasteiger partial charge in [-0.2, -0.15) is 0 Å². The molecule has 1 aliphatic heterocycles. The zero-order chi connectivity index (χ0) is 19.2. The second-order valence-electron chi connectivity index (χ2n) is 5.72. The van der Waals surface area contributed by atoms with Crippen LogP contribution >= 0.6 is 0 Å². The molecule has 26 heavy (non-hydrogen) atoms. The topological polar surface area (TPSA) is 108 Å². The summed E-state index contributed by atoms with van der Waals surface area (Å²) in [6.45, 7) is -0.467. The second-order valence-corrected chi connectivity index (χ2v) is 7.95. The fourth-order valence-electron chi connectivity index (χ4n) is 2.48. The zero-order valence-electron chi connectivity index (χ0n) is 14.6. The zero-order valence-corrected chi connectivity index (χ0v) is 15.4. The lowest BCUT2D eigenvalue weighted by Gasteiger charge is -2.10. The summed E-state index contributed by atoms with van der Waals surface area (Å²) in [5, 5.41) is 2.54. The van der Waals surface area contributed by atoms with Gasteiger partial charge in [0.05, 0.1) is 25.7 Å². The molecule has 0 aromatic heterocycles. The van der Waals surface area contributed by atoms with E-state index in [-0.39, 0.29) is 11.5 Å². The van der Waals surface area contributed by atoms with Crippen molar-refractivity contribution >= 4 is 27.8 Å². The second kappa shape index (κ2) is 8.70. The molecule has 1 fully saturated rings. The van der Waals surface area contributed by atoms with Gasteiger partial charge in [-0.1, -0.05) is 6.07 Å².